The Labute approximate surface area is 207 Å². The number of piperidine rings is 1. The van der Waals surface area contributed by atoms with E-state index in [1.54, 1.807) is 0 Å². The molecule has 3 aliphatic heterocycles. The van der Waals surface area contributed by atoms with Gasteiger partial charge in [-0.15, -0.1) is 0 Å². The Hall–Kier alpha value is -2.96. The quantitative estimate of drug-likeness (QED) is 0.554. The monoisotopic (exact) mass is 470 g/mol. The van der Waals surface area contributed by atoms with Crippen LogP contribution in [0.25, 0.3) is 11.3 Å². The van der Waals surface area contributed by atoms with Crippen LogP contribution in [-0.4, -0.2) is 58.0 Å². The van der Waals surface area contributed by atoms with Crippen LogP contribution >= 0.6 is 0 Å². The van der Waals surface area contributed by atoms with Gasteiger partial charge in [0.15, 0.2) is 0 Å². The minimum absolute atomic E-state index is 0.142. The summed E-state index contributed by atoms with van der Waals surface area (Å²) in [5, 5.41) is 0. The van der Waals surface area contributed by atoms with Crippen LogP contribution in [0, 0.1) is 0 Å². The first-order chi connectivity index (χ1) is 17.1. The van der Waals surface area contributed by atoms with E-state index < -0.39 is 0 Å². The second kappa shape index (κ2) is 9.59. The molecule has 1 amide bonds. The van der Waals surface area contributed by atoms with Gasteiger partial charge in [-0.05, 0) is 49.4 Å². The van der Waals surface area contributed by atoms with Gasteiger partial charge in [0, 0.05) is 50.9 Å². The third-order valence-corrected chi connectivity index (χ3v) is 7.79. The van der Waals surface area contributed by atoms with Crippen LogP contribution in [0.3, 0.4) is 0 Å². The van der Waals surface area contributed by atoms with Gasteiger partial charge in [-0.2, -0.15) is 0 Å². The highest BCUT2D eigenvalue weighted by Crippen LogP contribution is 2.36. The minimum Gasteiger partial charge on any atom is -0.362 e. The van der Waals surface area contributed by atoms with Gasteiger partial charge >= 0.3 is 0 Å². The van der Waals surface area contributed by atoms with Crippen molar-refractivity contribution < 1.29 is 9.53 Å². The molecule has 1 unspecified atom stereocenters. The van der Waals surface area contributed by atoms with Crippen molar-refractivity contribution in [3.05, 3.63) is 77.2 Å². The Balaban J connectivity index is 1.27. The lowest BCUT2D eigenvalue weighted by molar-refractivity contribution is -0.128. The van der Waals surface area contributed by atoms with E-state index >= 15 is 0 Å². The highest BCUT2D eigenvalue weighted by atomic mass is 16.5. The first-order valence-corrected chi connectivity index (χ1v) is 13.0. The molecule has 6 rings (SSSR count). The van der Waals surface area contributed by atoms with Crippen LogP contribution in [0.15, 0.2) is 54.7 Å². The van der Waals surface area contributed by atoms with E-state index in [2.05, 4.69) is 71.2 Å². The van der Waals surface area contributed by atoms with Gasteiger partial charge in [0.2, 0.25) is 5.91 Å². The topological polar surface area (TPSA) is 50.6 Å². The number of imidazole rings is 1. The van der Waals surface area contributed by atoms with Crippen LogP contribution in [-0.2, 0) is 29.0 Å². The van der Waals surface area contributed by atoms with Gasteiger partial charge in [-0.1, -0.05) is 48.5 Å². The SMILES string of the molecule is CN1CCC(OC2c3ccccc3CCn3cc(-c4ccc(CN5CCCC5=O)cc4)nc32)CC1. The number of carbonyl (C=O) groups is 1. The number of hydrogen-bond donors (Lipinski definition) is 0. The molecule has 0 radical (unpaired) electrons. The van der Waals surface area contributed by atoms with Gasteiger partial charge in [-0.25, -0.2) is 4.98 Å². The van der Waals surface area contributed by atoms with Crippen molar-refractivity contribution >= 4 is 5.91 Å². The van der Waals surface area contributed by atoms with Crippen molar-refractivity contribution in [1.29, 1.82) is 0 Å². The molecule has 1 aromatic heterocycles. The van der Waals surface area contributed by atoms with E-state index in [0.717, 1.165) is 68.9 Å². The highest BCUT2D eigenvalue weighted by Gasteiger charge is 2.30. The average molecular weight is 471 g/mol. The fourth-order valence-electron chi connectivity index (χ4n) is 5.68. The van der Waals surface area contributed by atoms with E-state index in [0.29, 0.717) is 13.0 Å². The van der Waals surface area contributed by atoms with E-state index in [1.807, 2.05) is 4.90 Å². The van der Waals surface area contributed by atoms with Crippen molar-refractivity contribution in [3.63, 3.8) is 0 Å². The number of carbonyl (C=O) groups excluding carboxylic acids is 1. The van der Waals surface area contributed by atoms with E-state index in [9.17, 15) is 4.79 Å². The lowest BCUT2D eigenvalue weighted by atomic mass is 10.00. The molecule has 3 aliphatic rings. The van der Waals surface area contributed by atoms with Gasteiger partial charge in [-0.3, -0.25) is 4.79 Å². The molecule has 0 bridgehead atoms. The lowest BCUT2D eigenvalue weighted by Crippen LogP contribution is -2.35. The maximum atomic E-state index is 12.0. The van der Waals surface area contributed by atoms with Crippen LogP contribution in [0.5, 0.6) is 0 Å². The van der Waals surface area contributed by atoms with Crippen LogP contribution in [0.1, 0.15) is 54.3 Å². The Morgan fingerprint density at radius 2 is 1.77 bits per heavy atom. The molecule has 0 saturated carbocycles. The van der Waals surface area contributed by atoms with Gasteiger partial charge in [0.25, 0.3) is 0 Å². The Kier molecular flexibility index (Phi) is 6.17. The summed E-state index contributed by atoms with van der Waals surface area (Å²) >= 11 is 0. The number of aryl methyl sites for hydroxylation is 2. The van der Waals surface area contributed by atoms with Crippen LogP contribution < -0.4 is 0 Å². The maximum absolute atomic E-state index is 12.0. The number of amides is 1. The number of likely N-dealkylation sites (tertiary alicyclic amines) is 2. The molecule has 3 aromatic rings. The third kappa shape index (κ3) is 4.65. The molecule has 2 saturated heterocycles. The van der Waals surface area contributed by atoms with Gasteiger partial charge in [0.05, 0.1) is 11.8 Å². The second-order valence-electron chi connectivity index (χ2n) is 10.3. The van der Waals surface area contributed by atoms with Crippen LogP contribution in [0.4, 0.5) is 0 Å². The average Bonchev–Trinajstić information content (AvgIpc) is 3.46. The summed E-state index contributed by atoms with van der Waals surface area (Å²) in [6.07, 6.45) is 7.05. The summed E-state index contributed by atoms with van der Waals surface area (Å²) in [5.74, 6) is 1.28. The molecule has 6 nitrogen and oxygen atoms in total. The number of benzene rings is 2. The van der Waals surface area contributed by atoms with Gasteiger partial charge in [0.1, 0.15) is 11.9 Å². The summed E-state index contributed by atoms with van der Waals surface area (Å²) in [7, 11) is 2.18. The van der Waals surface area contributed by atoms with Crippen molar-refractivity contribution in [2.24, 2.45) is 0 Å². The van der Waals surface area contributed by atoms with E-state index in [4.69, 9.17) is 9.72 Å². The lowest BCUT2D eigenvalue weighted by Gasteiger charge is -2.32. The summed E-state index contributed by atoms with van der Waals surface area (Å²) in [6.45, 7) is 4.63. The molecule has 4 heterocycles. The van der Waals surface area contributed by atoms with Crippen LogP contribution in [0.2, 0.25) is 0 Å². The van der Waals surface area contributed by atoms with E-state index in [1.165, 1.54) is 16.7 Å². The zero-order chi connectivity index (χ0) is 23.8. The number of ether oxygens (including phenoxy) is 1. The maximum Gasteiger partial charge on any atom is 0.222 e. The fourth-order valence-corrected chi connectivity index (χ4v) is 5.68. The number of hydrogen-bond acceptors (Lipinski definition) is 4. The van der Waals surface area contributed by atoms with Crippen molar-refractivity contribution in [3.8, 4) is 11.3 Å². The smallest absolute Gasteiger partial charge is 0.222 e. The highest BCUT2D eigenvalue weighted by molar-refractivity contribution is 5.78. The molecule has 1 atom stereocenters. The third-order valence-electron chi connectivity index (χ3n) is 7.79. The largest absolute Gasteiger partial charge is 0.362 e. The number of rotatable bonds is 5. The molecule has 0 aliphatic carbocycles. The molecule has 6 heteroatoms. The normalized spacial score (nSPS) is 21.1. The Morgan fingerprint density at radius 3 is 2.54 bits per heavy atom. The summed E-state index contributed by atoms with van der Waals surface area (Å²) < 4.78 is 9.12. The number of fused-ring (bicyclic) bond motifs is 2. The summed E-state index contributed by atoms with van der Waals surface area (Å²) in [4.78, 5) is 21.5. The van der Waals surface area contributed by atoms with Crippen molar-refractivity contribution in [1.82, 2.24) is 19.4 Å². The Morgan fingerprint density at radius 1 is 0.971 bits per heavy atom. The predicted molar refractivity (Wildman–Crippen MR) is 136 cm³/mol. The number of nitrogens with zero attached hydrogens (tertiary/aromatic N) is 4. The van der Waals surface area contributed by atoms with Crippen molar-refractivity contribution in [2.75, 3.05) is 26.7 Å². The number of aromatic nitrogens is 2. The molecule has 2 aromatic carbocycles. The molecule has 35 heavy (non-hydrogen) atoms. The van der Waals surface area contributed by atoms with Crippen molar-refractivity contribution in [2.45, 2.75) is 57.4 Å². The zero-order valence-electron chi connectivity index (χ0n) is 20.5. The first kappa shape index (κ1) is 22.5. The molecule has 0 spiro atoms. The first-order valence-electron chi connectivity index (χ1n) is 13.0. The molecular formula is C29H34N4O2. The second-order valence-corrected chi connectivity index (χ2v) is 10.3. The fraction of sp³-hybridized carbons (Fsp3) is 0.448. The summed E-state index contributed by atoms with van der Waals surface area (Å²) in [6, 6.07) is 17.2. The molecule has 182 valence electrons. The summed E-state index contributed by atoms with van der Waals surface area (Å²) in [5.41, 5.74) is 5.88. The minimum atomic E-state index is -0.142. The molecule has 2 fully saturated rings. The predicted octanol–water partition coefficient (Wildman–Crippen LogP) is 4.43. The standard InChI is InChI=1S/C29H34N4O2/c1-31-16-13-24(14-17-31)35-28-25-6-3-2-5-22(25)12-18-33-20-26(30-29(28)33)23-10-8-21(9-11-23)19-32-15-4-7-27(32)34/h2-3,5-6,8-11,20,24,28H,4,7,12-19H2,1H3. The van der Waals surface area contributed by atoms with Gasteiger partial charge < -0.3 is 19.1 Å². The molecule has 0 N–H and O–H groups in total. The molecular weight excluding hydrogens is 436 g/mol. The zero-order valence-corrected chi connectivity index (χ0v) is 20.5. The van der Waals surface area contributed by atoms with E-state index in [-0.39, 0.29) is 18.1 Å². The Bertz CT molecular complexity index is 1190.